The molecule has 1 nitrogen and oxygen atoms in total. The van der Waals surface area contributed by atoms with Gasteiger partial charge in [0.2, 0.25) is 0 Å². The third-order valence-electron chi connectivity index (χ3n) is 3.50. The zero-order chi connectivity index (χ0) is 11.4. The van der Waals surface area contributed by atoms with Crippen molar-refractivity contribution in [1.29, 1.82) is 0 Å². The quantitative estimate of drug-likeness (QED) is 0.774. The summed E-state index contributed by atoms with van der Waals surface area (Å²) in [7, 11) is 1.79. The molecule has 16 heavy (non-hydrogen) atoms. The van der Waals surface area contributed by atoms with Gasteiger partial charge in [-0.15, -0.1) is 0 Å². The zero-order valence-electron chi connectivity index (χ0n) is 10.3. The summed E-state index contributed by atoms with van der Waals surface area (Å²) >= 11 is -0.0803. The first kappa shape index (κ1) is 12.0. The van der Waals surface area contributed by atoms with Crippen molar-refractivity contribution >= 4 is 20.1 Å². The molecule has 0 bridgehead atoms. The van der Waals surface area contributed by atoms with E-state index in [1.54, 1.807) is 7.11 Å². The van der Waals surface area contributed by atoms with Gasteiger partial charge in [-0.2, -0.15) is 0 Å². The Kier molecular flexibility index (Phi) is 3.97. The van der Waals surface area contributed by atoms with E-state index in [0.29, 0.717) is 4.20 Å². The fourth-order valence-electron chi connectivity index (χ4n) is 2.53. The van der Waals surface area contributed by atoms with Crippen LogP contribution in [0.4, 0.5) is 0 Å². The Hall–Kier alpha value is -0.422. The fourth-order valence-corrected chi connectivity index (χ4v) is 6.18. The summed E-state index contributed by atoms with van der Waals surface area (Å²) in [5.74, 6) is 1.11. The van der Waals surface area contributed by atoms with Gasteiger partial charge in [0.1, 0.15) is 0 Å². The van der Waals surface area contributed by atoms with E-state index >= 15 is 0 Å². The first-order chi connectivity index (χ1) is 7.73. The zero-order valence-corrected chi connectivity index (χ0v) is 12.4. The molecule has 0 spiro atoms. The van der Waals surface area contributed by atoms with E-state index < -0.39 is 0 Å². The van der Waals surface area contributed by atoms with Crippen molar-refractivity contribution < 1.29 is 4.74 Å². The van der Waals surface area contributed by atoms with Crippen molar-refractivity contribution in [3.63, 3.8) is 0 Å². The summed E-state index contributed by atoms with van der Waals surface area (Å²) < 4.78 is 7.58. The van der Waals surface area contributed by atoms with Crippen LogP contribution in [0.3, 0.4) is 0 Å². The average Bonchev–Trinajstić information content (AvgIpc) is 2.30. The van der Waals surface area contributed by atoms with Gasteiger partial charge >= 0.3 is 105 Å². The van der Waals surface area contributed by atoms with Crippen molar-refractivity contribution in [2.75, 3.05) is 7.11 Å². The molecule has 88 valence electrons. The molecule has 0 amide bonds. The van der Waals surface area contributed by atoms with Crippen LogP contribution in [0.25, 0.3) is 0 Å². The van der Waals surface area contributed by atoms with Crippen LogP contribution in [0.15, 0.2) is 24.3 Å². The van der Waals surface area contributed by atoms with Crippen LogP contribution in [0, 0.1) is 0 Å². The van der Waals surface area contributed by atoms with Gasteiger partial charge in [-0.3, -0.25) is 0 Å². The van der Waals surface area contributed by atoms with Crippen LogP contribution in [0.1, 0.15) is 39.0 Å². The first-order valence-electron chi connectivity index (χ1n) is 6.15. The van der Waals surface area contributed by atoms with E-state index in [-0.39, 0.29) is 15.8 Å². The minimum absolute atomic E-state index is 0.0803. The maximum atomic E-state index is 5.46. The second-order valence-electron chi connectivity index (χ2n) is 4.95. The van der Waals surface area contributed by atoms with Gasteiger partial charge < -0.3 is 0 Å². The molecule has 0 aromatic heterocycles. The van der Waals surface area contributed by atoms with Gasteiger partial charge in [0, 0.05) is 0 Å². The van der Waals surface area contributed by atoms with Crippen LogP contribution in [-0.4, -0.2) is 22.9 Å². The molecular formula is C14H21AsO. The molecule has 0 heterocycles. The van der Waals surface area contributed by atoms with E-state index in [9.17, 15) is 0 Å². The standard InChI is InChI=1S/C14H21AsO/c1-14(10-6-3-7-11-14)15-12-8-4-5-9-13(12)16-2/h4-5,8-9,15H,3,6-7,10-11H2,1-2H3. The minimum atomic E-state index is -0.0803. The van der Waals surface area contributed by atoms with E-state index in [4.69, 9.17) is 4.74 Å². The maximum absolute atomic E-state index is 5.46. The van der Waals surface area contributed by atoms with Crippen molar-refractivity contribution in [2.45, 2.75) is 43.2 Å². The van der Waals surface area contributed by atoms with E-state index in [1.165, 1.54) is 36.5 Å². The molecule has 1 saturated carbocycles. The molecule has 0 N–H and O–H groups in total. The molecule has 0 radical (unpaired) electrons. The topological polar surface area (TPSA) is 9.23 Å². The van der Waals surface area contributed by atoms with Crippen LogP contribution >= 0.6 is 0 Å². The SMILES string of the molecule is COc1ccccc1[AsH]C1(C)CCCCC1. The van der Waals surface area contributed by atoms with Crippen LogP contribution in [0.2, 0.25) is 4.20 Å². The predicted octanol–water partition coefficient (Wildman–Crippen LogP) is 2.90. The third-order valence-corrected chi connectivity index (χ3v) is 7.25. The molecule has 1 unspecified atom stereocenters. The number of hydrogen-bond acceptors (Lipinski definition) is 1. The predicted molar refractivity (Wildman–Crippen MR) is 71.2 cm³/mol. The molecule has 0 aliphatic heterocycles. The molecule has 1 aliphatic rings. The molecule has 1 fully saturated rings. The van der Waals surface area contributed by atoms with Gasteiger partial charge in [-0.1, -0.05) is 0 Å². The second kappa shape index (κ2) is 5.27. The molecule has 1 aromatic rings. The normalized spacial score (nSPS) is 20.1. The van der Waals surface area contributed by atoms with Crippen molar-refractivity contribution in [3.05, 3.63) is 24.3 Å². The Labute approximate surface area is 105 Å². The van der Waals surface area contributed by atoms with E-state index in [2.05, 4.69) is 31.2 Å². The Morgan fingerprint density at radius 2 is 1.81 bits per heavy atom. The van der Waals surface area contributed by atoms with Gasteiger partial charge in [-0.25, -0.2) is 0 Å². The summed E-state index contributed by atoms with van der Waals surface area (Å²) in [5.41, 5.74) is 0. The third kappa shape index (κ3) is 2.82. The van der Waals surface area contributed by atoms with Crippen LogP contribution in [-0.2, 0) is 0 Å². The van der Waals surface area contributed by atoms with Gasteiger partial charge in [-0.05, 0) is 0 Å². The number of hydrogen-bond donors (Lipinski definition) is 0. The number of rotatable bonds is 3. The van der Waals surface area contributed by atoms with Crippen molar-refractivity contribution in [3.8, 4) is 5.75 Å². The van der Waals surface area contributed by atoms with Gasteiger partial charge in [0.15, 0.2) is 0 Å². The van der Waals surface area contributed by atoms with E-state index in [1.807, 2.05) is 0 Å². The van der Waals surface area contributed by atoms with Crippen LogP contribution < -0.4 is 9.09 Å². The summed E-state index contributed by atoms with van der Waals surface area (Å²) in [6, 6.07) is 8.58. The molecule has 0 saturated heterocycles. The number of methoxy groups -OCH3 is 1. The van der Waals surface area contributed by atoms with Crippen molar-refractivity contribution in [2.24, 2.45) is 0 Å². The Balaban J connectivity index is 2.12. The number of ether oxygens (including phenoxy) is 1. The van der Waals surface area contributed by atoms with Crippen molar-refractivity contribution in [1.82, 2.24) is 0 Å². The summed E-state index contributed by atoms with van der Waals surface area (Å²) in [4.78, 5) is 0. The Bertz CT molecular complexity index is 342. The molecule has 1 aromatic carbocycles. The molecule has 2 rings (SSSR count). The molecule has 1 aliphatic carbocycles. The van der Waals surface area contributed by atoms with E-state index in [0.717, 1.165) is 5.75 Å². The number of para-hydroxylation sites is 1. The number of benzene rings is 1. The molecule has 1 atom stereocenters. The molecule has 2 heteroatoms. The average molecular weight is 280 g/mol. The molecular weight excluding hydrogens is 259 g/mol. The second-order valence-corrected chi connectivity index (χ2v) is 9.13. The fraction of sp³-hybridized carbons (Fsp3) is 0.571. The Morgan fingerprint density at radius 1 is 1.12 bits per heavy atom. The van der Waals surface area contributed by atoms with Crippen LogP contribution in [0.5, 0.6) is 5.75 Å². The summed E-state index contributed by atoms with van der Waals surface area (Å²) in [6.45, 7) is 2.48. The Morgan fingerprint density at radius 3 is 2.50 bits per heavy atom. The van der Waals surface area contributed by atoms with Gasteiger partial charge in [0.05, 0.1) is 0 Å². The summed E-state index contributed by atoms with van der Waals surface area (Å²) in [5, 5.41) is 0. The van der Waals surface area contributed by atoms with Gasteiger partial charge in [0.25, 0.3) is 0 Å². The monoisotopic (exact) mass is 280 g/mol. The first-order valence-corrected chi connectivity index (χ1v) is 8.24. The summed E-state index contributed by atoms with van der Waals surface area (Å²) in [6.07, 6.45) is 7.13.